The van der Waals surface area contributed by atoms with E-state index in [0.29, 0.717) is 20.5 Å². The van der Waals surface area contributed by atoms with E-state index in [1.807, 2.05) is 18.2 Å². The number of rotatable bonds is 7. The molecule has 0 saturated carbocycles. The molecule has 0 unspecified atom stereocenters. The van der Waals surface area contributed by atoms with E-state index < -0.39 is 21.2 Å². The summed E-state index contributed by atoms with van der Waals surface area (Å²) in [4.78, 5) is 35.8. The van der Waals surface area contributed by atoms with Crippen molar-refractivity contribution in [2.45, 2.75) is 0 Å². The van der Waals surface area contributed by atoms with Crippen LogP contribution in [-0.4, -0.2) is 27.2 Å². The van der Waals surface area contributed by atoms with Gasteiger partial charge in [0.05, 0.1) is 33.6 Å². The van der Waals surface area contributed by atoms with Crippen molar-refractivity contribution < 1.29 is 24.1 Å². The van der Waals surface area contributed by atoms with Crippen LogP contribution < -0.4 is 14.4 Å². The first-order valence-corrected chi connectivity index (χ1v) is 11.1. The number of carbonyl (C=O) groups is 1. The number of ether oxygens (including phenoxy) is 2. The molecule has 3 aromatic rings. The van der Waals surface area contributed by atoms with Crippen LogP contribution in [0.3, 0.4) is 0 Å². The highest BCUT2D eigenvalue weighted by atomic mass is 32.2. The summed E-state index contributed by atoms with van der Waals surface area (Å²) < 4.78 is 11.4. The summed E-state index contributed by atoms with van der Waals surface area (Å²) in [5.74, 6) is -0.0923. The van der Waals surface area contributed by atoms with E-state index in [4.69, 9.17) is 21.7 Å². The Morgan fingerprint density at radius 2 is 1.66 bits per heavy atom. The maximum atomic E-state index is 13.0. The predicted molar refractivity (Wildman–Crippen MR) is 135 cm³/mol. The summed E-state index contributed by atoms with van der Waals surface area (Å²) in [6.45, 7) is 0. The molecule has 1 aliphatic heterocycles. The van der Waals surface area contributed by atoms with Gasteiger partial charge in [-0.2, -0.15) is 0 Å². The van der Waals surface area contributed by atoms with Crippen LogP contribution >= 0.6 is 24.0 Å². The van der Waals surface area contributed by atoms with Gasteiger partial charge in [0.2, 0.25) is 5.75 Å². The number of nitrogens with zero attached hydrogens (tertiary/aromatic N) is 3. The van der Waals surface area contributed by atoms with Gasteiger partial charge in [-0.25, -0.2) is 0 Å². The zero-order chi connectivity index (χ0) is 25.1. The van der Waals surface area contributed by atoms with Gasteiger partial charge in [-0.15, -0.1) is 0 Å². The zero-order valence-electron chi connectivity index (χ0n) is 17.9. The monoisotopic (exact) mass is 509 g/mol. The maximum Gasteiger partial charge on any atom is 0.318 e. The van der Waals surface area contributed by atoms with Crippen molar-refractivity contribution in [3.63, 3.8) is 0 Å². The van der Waals surface area contributed by atoms with Gasteiger partial charge in [0.15, 0.2) is 15.8 Å². The van der Waals surface area contributed by atoms with Gasteiger partial charge < -0.3 is 9.47 Å². The second-order valence-corrected chi connectivity index (χ2v) is 8.71. The van der Waals surface area contributed by atoms with Crippen LogP contribution in [0.1, 0.15) is 5.56 Å². The summed E-state index contributed by atoms with van der Waals surface area (Å²) in [7, 11) is 1.40. The number of thiocarbonyl (C=S) groups is 1. The van der Waals surface area contributed by atoms with Gasteiger partial charge in [-0.1, -0.05) is 48.2 Å². The minimum Gasteiger partial charge on any atom is -0.493 e. The van der Waals surface area contributed by atoms with Crippen molar-refractivity contribution in [1.29, 1.82) is 0 Å². The van der Waals surface area contributed by atoms with Crippen LogP contribution in [0.5, 0.6) is 17.2 Å². The van der Waals surface area contributed by atoms with Crippen molar-refractivity contribution in [2.24, 2.45) is 0 Å². The lowest BCUT2D eigenvalue weighted by molar-refractivity contribution is -0.394. The van der Waals surface area contributed by atoms with Gasteiger partial charge in [0.1, 0.15) is 0 Å². The molecule has 35 heavy (non-hydrogen) atoms. The lowest BCUT2D eigenvalue weighted by atomic mass is 10.1. The Morgan fingerprint density at radius 1 is 0.943 bits per heavy atom. The molecule has 10 nitrogen and oxygen atoms in total. The first kappa shape index (κ1) is 23.9. The van der Waals surface area contributed by atoms with E-state index >= 15 is 0 Å². The molecule has 3 aromatic carbocycles. The molecule has 0 aromatic heterocycles. The minimum atomic E-state index is -0.770. The highest BCUT2D eigenvalue weighted by molar-refractivity contribution is 8.27. The Labute approximate surface area is 208 Å². The molecule has 176 valence electrons. The van der Waals surface area contributed by atoms with E-state index in [0.717, 1.165) is 30.0 Å². The van der Waals surface area contributed by atoms with Crippen LogP contribution in [0.25, 0.3) is 6.08 Å². The summed E-state index contributed by atoms with van der Waals surface area (Å²) >= 11 is 6.53. The van der Waals surface area contributed by atoms with Crippen LogP contribution in [0, 0.1) is 20.2 Å². The molecule has 1 fully saturated rings. The van der Waals surface area contributed by atoms with Crippen molar-refractivity contribution >= 4 is 57.3 Å². The number of thioether (sulfide) groups is 1. The molecule has 0 spiro atoms. The second kappa shape index (κ2) is 9.91. The number of amides is 1. The molecular formula is C23H15N3O7S2. The Morgan fingerprint density at radius 3 is 2.31 bits per heavy atom. The fourth-order valence-corrected chi connectivity index (χ4v) is 4.55. The number of hydrogen-bond donors (Lipinski definition) is 0. The highest BCUT2D eigenvalue weighted by Crippen LogP contribution is 2.40. The van der Waals surface area contributed by atoms with Crippen LogP contribution in [0.4, 0.5) is 17.1 Å². The highest BCUT2D eigenvalue weighted by Gasteiger charge is 2.33. The quantitative estimate of drug-likeness (QED) is 0.170. The third-order valence-electron chi connectivity index (χ3n) is 4.86. The number of hydrogen-bond acceptors (Lipinski definition) is 9. The van der Waals surface area contributed by atoms with E-state index in [2.05, 4.69) is 0 Å². The number of non-ortho nitro benzene ring substituents is 1. The molecule has 0 radical (unpaired) electrons. The van der Waals surface area contributed by atoms with E-state index in [1.54, 1.807) is 36.4 Å². The second-order valence-electron chi connectivity index (χ2n) is 7.03. The topological polar surface area (TPSA) is 125 Å². The fraction of sp³-hybridized carbons (Fsp3) is 0.0435. The van der Waals surface area contributed by atoms with Crippen molar-refractivity contribution in [3.8, 4) is 17.2 Å². The van der Waals surface area contributed by atoms with Crippen LogP contribution in [-0.2, 0) is 4.79 Å². The molecular weight excluding hydrogens is 494 g/mol. The molecule has 1 aliphatic rings. The number of nitro groups is 2. The number of methoxy groups -OCH3 is 1. The lowest BCUT2D eigenvalue weighted by Crippen LogP contribution is -2.27. The SMILES string of the molecule is COc1ccc(/C=C2\SC(=S)N(c3ccccc3)C2=O)cc1Oc1ccc([N+](=O)[O-])cc1[N+](=O)[O-]. The van der Waals surface area contributed by atoms with Crippen molar-refractivity contribution in [1.82, 2.24) is 0 Å². The van der Waals surface area contributed by atoms with Gasteiger partial charge >= 0.3 is 5.69 Å². The Kier molecular flexibility index (Phi) is 6.75. The molecule has 1 amide bonds. The Balaban J connectivity index is 1.67. The van der Waals surface area contributed by atoms with Gasteiger partial charge in [-0.3, -0.25) is 29.9 Å². The standard InChI is InChI=1S/C23H15N3O7S2/c1-32-19-9-7-14(12-21-22(27)24(23(34)35-21)15-5-3-2-4-6-15)11-20(19)33-18-10-8-16(25(28)29)13-17(18)26(30)31/h2-13H,1H3/b21-12-. The summed E-state index contributed by atoms with van der Waals surface area (Å²) in [6, 6.07) is 16.9. The van der Waals surface area contributed by atoms with E-state index in [9.17, 15) is 25.0 Å². The van der Waals surface area contributed by atoms with Gasteiger partial charge in [0.25, 0.3) is 11.6 Å². The molecule has 0 aliphatic carbocycles. The number of carbonyl (C=O) groups excluding carboxylic acids is 1. The average Bonchev–Trinajstić information content (AvgIpc) is 3.12. The molecule has 4 rings (SSSR count). The predicted octanol–water partition coefficient (Wildman–Crippen LogP) is 5.71. The Bertz CT molecular complexity index is 1390. The smallest absolute Gasteiger partial charge is 0.318 e. The number of benzene rings is 3. The van der Waals surface area contributed by atoms with Gasteiger partial charge in [0, 0.05) is 6.07 Å². The van der Waals surface area contributed by atoms with Crippen molar-refractivity contribution in [2.75, 3.05) is 12.0 Å². The normalized spacial score (nSPS) is 14.3. The average molecular weight is 510 g/mol. The molecule has 0 N–H and O–H groups in total. The molecule has 12 heteroatoms. The summed E-state index contributed by atoms with van der Waals surface area (Å²) in [5.41, 5.74) is 0.196. The largest absolute Gasteiger partial charge is 0.493 e. The Hall–Kier alpha value is -4.29. The number of nitro benzene ring substituents is 2. The van der Waals surface area contributed by atoms with Gasteiger partial charge in [-0.05, 0) is 42.0 Å². The van der Waals surface area contributed by atoms with E-state index in [1.165, 1.54) is 12.0 Å². The minimum absolute atomic E-state index is 0.122. The van der Waals surface area contributed by atoms with Crippen LogP contribution in [0.15, 0.2) is 71.6 Å². The van der Waals surface area contributed by atoms with Crippen LogP contribution in [0.2, 0.25) is 0 Å². The first-order valence-electron chi connectivity index (χ1n) is 9.90. The third kappa shape index (κ3) is 4.98. The molecule has 0 bridgehead atoms. The number of para-hydroxylation sites is 1. The summed E-state index contributed by atoms with van der Waals surface area (Å²) in [6.07, 6.45) is 1.62. The van der Waals surface area contributed by atoms with E-state index in [-0.39, 0.29) is 23.2 Å². The lowest BCUT2D eigenvalue weighted by Gasteiger charge is -2.14. The summed E-state index contributed by atoms with van der Waals surface area (Å²) in [5, 5.41) is 22.5. The molecule has 0 atom stereocenters. The first-order chi connectivity index (χ1) is 16.8. The number of anilines is 1. The fourth-order valence-electron chi connectivity index (χ4n) is 3.25. The zero-order valence-corrected chi connectivity index (χ0v) is 19.6. The van der Waals surface area contributed by atoms with Crippen molar-refractivity contribution in [3.05, 3.63) is 97.4 Å². The maximum absolute atomic E-state index is 13.0. The molecule has 1 saturated heterocycles. The molecule has 1 heterocycles. The third-order valence-corrected chi connectivity index (χ3v) is 6.17.